The second-order valence-electron chi connectivity index (χ2n) is 11.5. The Morgan fingerprint density at radius 1 is 1.00 bits per heavy atom. The molecule has 2 aliphatic heterocycles. The Kier molecular flexibility index (Phi) is 11.9. The van der Waals surface area contributed by atoms with Crippen LogP contribution in [0.1, 0.15) is 43.7 Å². The Morgan fingerprint density at radius 3 is 2.56 bits per heavy atom. The van der Waals surface area contributed by atoms with E-state index < -0.39 is 0 Å². The number of ether oxygens (including phenoxy) is 4. The molecule has 2 heterocycles. The van der Waals surface area contributed by atoms with E-state index >= 15 is 0 Å². The van der Waals surface area contributed by atoms with Gasteiger partial charge in [0.15, 0.2) is 11.5 Å². The molecule has 10 nitrogen and oxygen atoms in total. The first-order valence-electron chi connectivity index (χ1n) is 15.4. The summed E-state index contributed by atoms with van der Waals surface area (Å²) in [6.07, 6.45) is 4.36. The van der Waals surface area contributed by atoms with Crippen molar-refractivity contribution >= 4 is 17.6 Å². The fourth-order valence-corrected chi connectivity index (χ4v) is 5.63. The zero-order valence-corrected chi connectivity index (χ0v) is 26.5. The van der Waals surface area contributed by atoms with Crippen molar-refractivity contribution in [2.75, 3.05) is 79.2 Å². The summed E-state index contributed by atoms with van der Waals surface area (Å²) in [5.74, 6) is 2.07. The van der Waals surface area contributed by atoms with Crippen LogP contribution in [0.2, 0.25) is 0 Å². The molecule has 2 aromatic carbocycles. The van der Waals surface area contributed by atoms with E-state index in [0.29, 0.717) is 69.6 Å². The van der Waals surface area contributed by atoms with Crippen LogP contribution in [0.4, 0.5) is 10.5 Å². The van der Waals surface area contributed by atoms with Crippen molar-refractivity contribution in [2.24, 2.45) is 0 Å². The lowest BCUT2D eigenvalue weighted by atomic mass is 10.1. The first-order valence-corrected chi connectivity index (χ1v) is 15.4. The summed E-state index contributed by atoms with van der Waals surface area (Å²) in [4.78, 5) is 34.4. The maximum absolute atomic E-state index is 13.7. The van der Waals surface area contributed by atoms with Gasteiger partial charge in [-0.2, -0.15) is 0 Å². The van der Waals surface area contributed by atoms with Gasteiger partial charge in [-0.3, -0.25) is 9.69 Å². The van der Waals surface area contributed by atoms with Crippen LogP contribution in [0.3, 0.4) is 0 Å². The van der Waals surface area contributed by atoms with Crippen LogP contribution in [0.25, 0.3) is 0 Å². The van der Waals surface area contributed by atoms with E-state index in [1.807, 2.05) is 60.3 Å². The molecular weight excluding hydrogens is 548 g/mol. The molecule has 0 saturated carbocycles. The van der Waals surface area contributed by atoms with Crippen molar-refractivity contribution < 1.29 is 28.5 Å². The van der Waals surface area contributed by atoms with E-state index in [0.717, 1.165) is 49.0 Å². The average molecular weight is 597 g/mol. The molecule has 10 heteroatoms. The van der Waals surface area contributed by atoms with Crippen LogP contribution >= 0.6 is 0 Å². The number of carbonyl (C=O) groups excluding carboxylic acids is 2. The van der Waals surface area contributed by atoms with Crippen LogP contribution in [0, 0.1) is 0 Å². The summed E-state index contributed by atoms with van der Waals surface area (Å²) >= 11 is 0. The van der Waals surface area contributed by atoms with Crippen LogP contribution in [0.15, 0.2) is 36.4 Å². The second-order valence-corrected chi connectivity index (χ2v) is 11.5. The SMILES string of the molecule is CCCCCOc1cc(N2CCCN(Cc3ccc(CC(=O)N4CCO[C@@H](CN(C)C)C4)cc3OC)C2=O)ccc1OC. The monoisotopic (exact) mass is 596 g/mol. The third-order valence-electron chi connectivity index (χ3n) is 7.90. The number of urea groups is 1. The fourth-order valence-electron chi connectivity index (χ4n) is 5.63. The van der Waals surface area contributed by atoms with Crippen molar-refractivity contribution in [1.82, 2.24) is 14.7 Å². The molecule has 0 bridgehead atoms. The molecule has 2 saturated heterocycles. The topological polar surface area (TPSA) is 84.0 Å². The van der Waals surface area contributed by atoms with E-state index in [2.05, 4.69) is 11.8 Å². The molecule has 0 aromatic heterocycles. The standard InChI is InChI=1S/C33H48N4O6/c1-6-7-8-17-43-31-21-27(12-13-29(31)40-4)37-15-9-14-36(33(37)39)22-26-11-10-25(19-30(26)41-5)20-32(38)35-16-18-42-28(24-35)23-34(2)3/h10-13,19,21,28H,6-9,14-18,20,22-24H2,1-5H3/t28-/m0/s1. The quantitative estimate of drug-likeness (QED) is 0.298. The molecule has 0 unspecified atom stereocenters. The Morgan fingerprint density at radius 2 is 1.81 bits per heavy atom. The van der Waals surface area contributed by atoms with Crippen molar-refractivity contribution in [3.05, 3.63) is 47.5 Å². The largest absolute Gasteiger partial charge is 0.496 e. The van der Waals surface area contributed by atoms with Gasteiger partial charge in [0.25, 0.3) is 0 Å². The van der Waals surface area contributed by atoms with Crippen LogP contribution < -0.4 is 19.1 Å². The smallest absolute Gasteiger partial charge is 0.324 e. The number of benzene rings is 2. The van der Waals surface area contributed by atoms with Gasteiger partial charge in [0.05, 0.1) is 46.5 Å². The summed E-state index contributed by atoms with van der Waals surface area (Å²) in [5.41, 5.74) is 2.58. The third kappa shape index (κ3) is 8.76. The average Bonchev–Trinajstić information content (AvgIpc) is 3.00. The third-order valence-corrected chi connectivity index (χ3v) is 7.90. The van der Waals surface area contributed by atoms with Crippen LogP contribution in [-0.2, 0) is 22.5 Å². The maximum atomic E-state index is 13.7. The molecule has 3 amide bonds. The Balaban J connectivity index is 1.41. The minimum atomic E-state index is -0.0609. The predicted molar refractivity (Wildman–Crippen MR) is 167 cm³/mol. The van der Waals surface area contributed by atoms with Gasteiger partial charge in [-0.15, -0.1) is 0 Å². The highest BCUT2D eigenvalue weighted by Gasteiger charge is 2.29. The van der Waals surface area contributed by atoms with Gasteiger partial charge in [0.1, 0.15) is 5.75 Å². The van der Waals surface area contributed by atoms with E-state index in [4.69, 9.17) is 18.9 Å². The molecule has 0 spiro atoms. The lowest BCUT2D eigenvalue weighted by molar-refractivity contribution is -0.138. The number of rotatable bonds is 14. The summed E-state index contributed by atoms with van der Waals surface area (Å²) in [7, 11) is 7.27. The number of amides is 3. The van der Waals surface area contributed by atoms with Gasteiger partial charge in [-0.1, -0.05) is 31.9 Å². The lowest BCUT2D eigenvalue weighted by Gasteiger charge is -2.36. The predicted octanol–water partition coefficient (Wildman–Crippen LogP) is 4.44. The molecule has 2 aliphatic rings. The Labute approximate surface area is 256 Å². The van der Waals surface area contributed by atoms with E-state index in [-0.39, 0.29) is 18.0 Å². The molecule has 236 valence electrons. The van der Waals surface area contributed by atoms with Gasteiger partial charge in [0.2, 0.25) is 5.91 Å². The Bertz CT molecular complexity index is 1220. The summed E-state index contributed by atoms with van der Waals surface area (Å²) in [5, 5.41) is 0. The van der Waals surface area contributed by atoms with Gasteiger partial charge in [-0.05, 0) is 50.7 Å². The van der Waals surface area contributed by atoms with Gasteiger partial charge < -0.3 is 33.6 Å². The number of nitrogens with zero attached hydrogens (tertiary/aromatic N) is 4. The molecule has 43 heavy (non-hydrogen) atoms. The molecular formula is C33H48N4O6. The highest BCUT2D eigenvalue weighted by atomic mass is 16.5. The fraction of sp³-hybridized carbons (Fsp3) is 0.576. The number of anilines is 1. The van der Waals surface area contributed by atoms with Crippen molar-refractivity contribution in [2.45, 2.75) is 51.7 Å². The molecule has 2 aromatic rings. The number of hydrogen-bond acceptors (Lipinski definition) is 7. The lowest BCUT2D eigenvalue weighted by Crippen LogP contribution is -2.49. The molecule has 4 rings (SSSR count). The molecule has 0 radical (unpaired) electrons. The zero-order valence-electron chi connectivity index (χ0n) is 26.5. The van der Waals surface area contributed by atoms with Crippen LogP contribution in [-0.4, -0.2) is 107 Å². The number of likely N-dealkylation sites (N-methyl/N-ethyl adjacent to an activating group) is 1. The zero-order chi connectivity index (χ0) is 30.8. The normalized spacial score (nSPS) is 17.4. The van der Waals surface area contributed by atoms with E-state index in [1.165, 1.54) is 0 Å². The molecule has 0 N–H and O–H groups in total. The molecule has 2 fully saturated rings. The minimum absolute atomic E-state index is 0.0223. The first-order chi connectivity index (χ1) is 20.8. The van der Waals surface area contributed by atoms with Gasteiger partial charge >= 0.3 is 6.03 Å². The second kappa shape index (κ2) is 15.8. The maximum Gasteiger partial charge on any atom is 0.324 e. The van der Waals surface area contributed by atoms with Gasteiger partial charge in [-0.25, -0.2) is 4.79 Å². The van der Waals surface area contributed by atoms with E-state index in [1.54, 1.807) is 19.1 Å². The highest BCUT2D eigenvalue weighted by Crippen LogP contribution is 2.34. The van der Waals surface area contributed by atoms with Crippen molar-refractivity contribution in [3.63, 3.8) is 0 Å². The van der Waals surface area contributed by atoms with Crippen molar-refractivity contribution in [3.8, 4) is 17.2 Å². The van der Waals surface area contributed by atoms with Crippen molar-refractivity contribution in [1.29, 1.82) is 0 Å². The molecule has 1 atom stereocenters. The summed E-state index contributed by atoms with van der Waals surface area (Å²) < 4.78 is 23.1. The summed E-state index contributed by atoms with van der Waals surface area (Å²) in [6, 6.07) is 11.5. The summed E-state index contributed by atoms with van der Waals surface area (Å²) in [6.45, 7) is 7.01. The van der Waals surface area contributed by atoms with Crippen LogP contribution in [0.5, 0.6) is 17.2 Å². The number of methoxy groups -OCH3 is 2. The number of hydrogen-bond donors (Lipinski definition) is 0. The number of morpholine rings is 1. The number of unbranched alkanes of at least 4 members (excludes halogenated alkanes) is 2. The molecule has 0 aliphatic carbocycles. The Hall–Kier alpha value is -3.50. The highest BCUT2D eigenvalue weighted by molar-refractivity contribution is 5.93. The number of carbonyl (C=O) groups is 2. The van der Waals surface area contributed by atoms with E-state index in [9.17, 15) is 9.59 Å². The minimum Gasteiger partial charge on any atom is -0.496 e. The van der Waals surface area contributed by atoms with Gasteiger partial charge in [0, 0.05) is 50.0 Å². The first kappa shape index (κ1) is 32.4.